The zero-order valence-electron chi connectivity index (χ0n) is 74.9. The summed E-state index contributed by atoms with van der Waals surface area (Å²) in [5.74, 6) is -4.58. The predicted molar refractivity (Wildman–Crippen MR) is 434 cm³/mol. The van der Waals surface area contributed by atoms with Gasteiger partial charge in [-0.25, -0.2) is 4.79 Å². The molecule has 8 saturated heterocycles. The van der Waals surface area contributed by atoms with Crippen LogP contribution in [-0.4, -0.2) is 412 Å². The normalized spacial score (nSPS) is 48.9. The average molecular weight is 1870 g/mol. The molecule has 0 aromatic heterocycles. The fourth-order valence-electron chi connectivity index (χ4n) is 22.8. The summed E-state index contributed by atoms with van der Waals surface area (Å²) in [4.78, 5) is 56.2. The number of carbonyl (C=O) groups is 4. The van der Waals surface area contributed by atoms with E-state index in [2.05, 4.69) is 66.4 Å². The lowest BCUT2D eigenvalue weighted by Gasteiger charge is -2.72. The maximum atomic E-state index is 16.4. The van der Waals surface area contributed by atoms with Crippen molar-refractivity contribution in [3.63, 3.8) is 0 Å². The molecule has 4 saturated carbocycles. The van der Waals surface area contributed by atoms with Gasteiger partial charge in [-0.2, -0.15) is 0 Å². The Labute approximate surface area is 751 Å². The quantitative estimate of drug-likeness (QED) is 0.0114. The molecule has 0 spiro atoms. The van der Waals surface area contributed by atoms with Crippen molar-refractivity contribution in [3.05, 3.63) is 36.0 Å². The number of aliphatic hydroxyl groups excluding tert-OH is 18. The van der Waals surface area contributed by atoms with Crippen molar-refractivity contribution in [2.24, 2.45) is 50.2 Å². The Kier molecular flexibility index (Phi) is 31.9. The number of ether oxygens (including phenoxy) is 18. The van der Waals surface area contributed by atoms with Crippen molar-refractivity contribution >= 4 is 23.8 Å². The lowest BCUT2D eigenvalue weighted by atomic mass is 9.33. The van der Waals surface area contributed by atoms with E-state index < -0.39 is 348 Å². The average Bonchev–Trinajstić information content (AvgIpc) is 0.799. The Balaban J connectivity index is 0.772. The van der Waals surface area contributed by atoms with Gasteiger partial charge in [-0.1, -0.05) is 72.3 Å². The van der Waals surface area contributed by atoms with Crippen molar-refractivity contribution in [2.75, 3.05) is 59.5 Å². The molecule has 13 rings (SSSR count). The second-order valence-corrected chi connectivity index (χ2v) is 40.3. The van der Waals surface area contributed by atoms with Gasteiger partial charge in [0.05, 0.1) is 70.7 Å². The van der Waals surface area contributed by atoms with Gasteiger partial charge < -0.3 is 193 Å². The van der Waals surface area contributed by atoms with Crippen LogP contribution < -0.4 is 5.32 Å². The second kappa shape index (κ2) is 40.3. The first-order valence-corrected chi connectivity index (χ1v) is 44.9. The Morgan fingerprint density at radius 2 is 1.10 bits per heavy atom. The summed E-state index contributed by atoms with van der Waals surface area (Å²) < 4.78 is 109. The zero-order chi connectivity index (χ0) is 95.1. The molecule has 8 aliphatic heterocycles. The minimum absolute atomic E-state index is 0.00753. The maximum Gasteiger partial charge on any atom is 0.333 e. The molecule has 13 aliphatic rings. The lowest BCUT2D eigenvalue weighted by molar-refractivity contribution is -0.377. The third-order valence-corrected chi connectivity index (χ3v) is 30.8. The third kappa shape index (κ3) is 19.9. The summed E-state index contributed by atoms with van der Waals surface area (Å²) in [5.41, 5.74) is -7.64. The SMILES string of the molecule is C=C[C@](C)(O)CC/C=C(\C)C(=O)O[C@@H]1[C@@H](O)[C@H](O[C@H]2[C@H](O)[C@@H](O[C@@H]3OC[C@@H](O)[C@H](O[C@@H]4OC[C@](O)(CO)[C@H]4O)[C@H]3O)[C@H](OC(=O)[C@]34CCC(C)(C)C[C@H]3C3=CC[C@@H]5[C@@]6(C)CC[C@H](O[C@@H]7O[C@H](CO[C@@H]8OC[C@H](O)[C@H](O[C@@H]9OC[C@@H](O)[C@H](O)[C@H]9O)[C@H]8O)[C@@H](O[C@@H]8O[C@H](CO)[C@@H](O)[C@H](O)[C@H]8O)[C@H](O)[C@H]7NC(C)=O)C(C)(C)[C@@H]6CC[C@@]5(C)[C@]3(C)C[C@H]4O)O[C@@H]2COC(C)=O)OC[C@H]1O. The molecule has 1 amide bonds. The van der Waals surface area contributed by atoms with E-state index in [4.69, 9.17) is 85.3 Å². The van der Waals surface area contributed by atoms with Crippen LogP contribution in [0.5, 0.6) is 0 Å². The van der Waals surface area contributed by atoms with Gasteiger partial charge in [-0.05, 0) is 129 Å². The summed E-state index contributed by atoms with van der Waals surface area (Å²) in [6.07, 6.45) is -51.8. The number of nitrogens with one attached hydrogen (secondary N) is 1. The van der Waals surface area contributed by atoms with Crippen LogP contribution in [0.3, 0.4) is 0 Å². The molecular weight excluding hydrogens is 1730 g/mol. The van der Waals surface area contributed by atoms with Crippen LogP contribution in [0.1, 0.15) is 147 Å². The van der Waals surface area contributed by atoms with Crippen molar-refractivity contribution in [1.29, 1.82) is 0 Å². The molecule has 8 heterocycles. The molecule has 21 N–H and O–H groups in total. The smallest absolute Gasteiger partial charge is 0.333 e. The summed E-state index contributed by atoms with van der Waals surface area (Å²) in [5, 5.41) is 228. The molecule has 0 aromatic rings. The number of amides is 1. The van der Waals surface area contributed by atoms with Crippen molar-refractivity contribution < 1.29 is 207 Å². The molecule has 12 fully saturated rings. The van der Waals surface area contributed by atoms with E-state index in [-0.39, 0.29) is 43.1 Å². The molecule has 5 aliphatic carbocycles. The largest absolute Gasteiger partial charge is 0.463 e. The monoisotopic (exact) mass is 1870 g/mol. The number of rotatable bonds is 28. The van der Waals surface area contributed by atoms with Crippen molar-refractivity contribution in [3.8, 4) is 0 Å². The number of allylic oxidation sites excluding steroid dienone is 3. The van der Waals surface area contributed by atoms with E-state index in [0.29, 0.717) is 44.9 Å². The van der Waals surface area contributed by atoms with Crippen LogP contribution in [0.25, 0.3) is 0 Å². The second-order valence-electron chi connectivity index (χ2n) is 40.3. The summed E-state index contributed by atoms with van der Waals surface area (Å²) in [7, 11) is 0. The van der Waals surface area contributed by atoms with Gasteiger partial charge in [-0.15, -0.1) is 6.58 Å². The Bertz CT molecular complexity index is 3950. The van der Waals surface area contributed by atoms with Gasteiger partial charge >= 0.3 is 17.9 Å². The molecule has 43 heteroatoms. The molecule has 0 unspecified atom stereocenters. The van der Waals surface area contributed by atoms with Crippen LogP contribution >= 0.6 is 0 Å². The van der Waals surface area contributed by atoms with E-state index in [0.717, 1.165) is 12.5 Å². The minimum atomic E-state index is -2.22. The van der Waals surface area contributed by atoms with Gasteiger partial charge in [0.2, 0.25) is 12.2 Å². The van der Waals surface area contributed by atoms with Crippen LogP contribution in [0.15, 0.2) is 36.0 Å². The standard InChI is InChI=1S/C87H137NO42/c1-13-82(9,111)20-14-15-36(2)70(109)124-63-42(94)30-116-74(61(63)106)127-67-46(32-113-38(4)92)122-77(68(59(67)104)129-75-62(107)65(44(96)31-117-75)126-78-69(108)86(112,34-90)35-119-78)130-79(110)87-24-23-80(5,6)25-40(87)39-16-17-49-83(10)21-19-51(81(7,8)48(83)18-22-84(49,11)85(39,12)26-50(87)97)123-71-52(88-37(3)91)55(100)66(128-76-58(103)56(101)54(99)45(27-89)120-76)47(121-71)33-118-72-60(105)64(43(95)29-114-72)125-73-57(102)53(98)41(93)28-115-73/h13,15-16,40-69,71-78,89-90,93-108,111-112H,1,14,17-35H2,2-12H3,(H,88,91)/b36-15+/t40-,41+,42+,43-,44+,45+,46+,47+,48-,49+,50+,51-,52+,53-,54+,55+,56-,57+,58+,59-,60+,61+,62+,63-,64-,65-,66+,67+,68+,69-,71-,72-,73-,74-,75-,76-,77-,78-,82-,83-,84+,85+,86+,87+/m0/s1. The third-order valence-electron chi connectivity index (χ3n) is 30.8. The molecule has 43 nitrogen and oxygen atoms in total. The van der Waals surface area contributed by atoms with Gasteiger partial charge in [0.25, 0.3) is 0 Å². The molecule has 0 aromatic carbocycles. The topological polar surface area (TPSA) is 651 Å². The van der Waals surface area contributed by atoms with Crippen LogP contribution in [0, 0.1) is 50.2 Å². The zero-order valence-corrected chi connectivity index (χ0v) is 74.9. The molecule has 742 valence electrons. The number of carbonyl (C=O) groups excluding carboxylic acids is 4. The fraction of sp³-hybridized carbons (Fsp3) is 0.885. The van der Waals surface area contributed by atoms with Gasteiger partial charge in [0.15, 0.2) is 56.2 Å². The first kappa shape index (κ1) is 103. The Hall–Kier alpha value is -4.30. The highest BCUT2D eigenvalue weighted by Crippen LogP contribution is 2.76. The van der Waals surface area contributed by atoms with Gasteiger partial charge in [-0.3, -0.25) is 14.4 Å². The highest BCUT2D eigenvalue weighted by atomic mass is 16.8. The number of hydrogen-bond donors (Lipinski definition) is 21. The molecule has 0 radical (unpaired) electrons. The van der Waals surface area contributed by atoms with Gasteiger partial charge in [0, 0.05) is 19.4 Å². The number of esters is 3. The first-order valence-electron chi connectivity index (χ1n) is 44.9. The van der Waals surface area contributed by atoms with Gasteiger partial charge in [0.1, 0.15) is 158 Å². The molecule has 0 bridgehead atoms. The number of fused-ring (bicyclic) bond motifs is 7. The minimum Gasteiger partial charge on any atom is -0.463 e. The summed E-state index contributed by atoms with van der Waals surface area (Å²) >= 11 is 0. The van der Waals surface area contributed by atoms with Crippen molar-refractivity contribution in [1.82, 2.24) is 5.32 Å². The maximum absolute atomic E-state index is 16.4. The Morgan fingerprint density at radius 3 is 1.72 bits per heavy atom. The van der Waals surface area contributed by atoms with E-state index in [1.54, 1.807) is 0 Å². The number of hydrogen-bond acceptors (Lipinski definition) is 42. The molecular formula is C87H137NO42. The van der Waals surface area contributed by atoms with E-state index >= 15 is 4.79 Å². The van der Waals surface area contributed by atoms with Crippen LogP contribution in [-0.2, 0) is 104 Å². The first-order chi connectivity index (χ1) is 60.9. The number of aliphatic hydroxyl groups is 20. The summed E-state index contributed by atoms with van der Waals surface area (Å²) in [6.45, 7) is 17.3. The lowest BCUT2D eigenvalue weighted by Crippen LogP contribution is -2.69. The highest BCUT2D eigenvalue weighted by molar-refractivity contribution is 5.88. The van der Waals surface area contributed by atoms with Crippen LogP contribution in [0.2, 0.25) is 0 Å². The summed E-state index contributed by atoms with van der Waals surface area (Å²) in [6, 6.07) is -1.49. The molecule has 130 heavy (non-hydrogen) atoms. The van der Waals surface area contributed by atoms with Crippen molar-refractivity contribution in [2.45, 2.75) is 373 Å². The van der Waals surface area contributed by atoms with E-state index in [1.165, 1.54) is 32.9 Å². The van der Waals surface area contributed by atoms with Crippen LogP contribution in [0.4, 0.5) is 0 Å². The van der Waals surface area contributed by atoms with E-state index in [1.807, 2.05) is 0 Å². The Morgan fingerprint density at radius 1 is 0.546 bits per heavy atom. The predicted octanol–water partition coefficient (Wildman–Crippen LogP) is -5.64. The van der Waals surface area contributed by atoms with E-state index in [9.17, 15) is 117 Å². The highest BCUT2D eigenvalue weighted by Gasteiger charge is 2.73. The molecule has 44 atom stereocenters. The fourth-order valence-corrected chi connectivity index (χ4v) is 22.8.